The number of nitrogens with zero attached hydrogens (tertiary/aromatic N) is 4. The number of hydrogen-bond donors (Lipinski definition) is 2. The van der Waals surface area contributed by atoms with Gasteiger partial charge in [0.1, 0.15) is 0 Å². The van der Waals surface area contributed by atoms with Gasteiger partial charge in [-0.1, -0.05) is 5.16 Å². The summed E-state index contributed by atoms with van der Waals surface area (Å²) in [6.07, 6.45) is 1.59. The van der Waals surface area contributed by atoms with Crippen LogP contribution in [0, 0.1) is 0 Å². The Bertz CT molecular complexity index is 457. The van der Waals surface area contributed by atoms with Crippen LogP contribution in [-0.2, 0) is 5.60 Å². The van der Waals surface area contributed by atoms with Crippen molar-refractivity contribution in [2.45, 2.75) is 24.5 Å². The average Bonchev–Trinajstić information content (AvgIpc) is 2.93. The summed E-state index contributed by atoms with van der Waals surface area (Å²) < 4.78 is 5.35. The van der Waals surface area contributed by atoms with E-state index in [4.69, 9.17) is 4.52 Å². The van der Waals surface area contributed by atoms with Crippen molar-refractivity contribution in [1.82, 2.24) is 25.3 Å². The molecule has 2 aliphatic rings. The Morgan fingerprint density at radius 1 is 1.40 bits per heavy atom. The van der Waals surface area contributed by atoms with Crippen LogP contribution in [0.5, 0.6) is 0 Å². The molecule has 3 heterocycles. The molecule has 0 aliphatic carbocycles. The van der Waals surface area contributed by atoms with E-state index in [1.807, 2.05) is 0 Å². The maximum atomic E-state index is 10.6. The monoisotopic (exact) mass is 281 g/mol. The lowest BCUT2D eigenvalue weighted by Gasteiger charge is -2.35. The molecule has 0 radical (unpaired) electrons. The molecule has 2 unspecified atom stereocenters. The number of piperazine rings is 1. The highest BCUT2D eigenvalue weighted by Gasteiger charge is 2.38. The molecule has 0 amide bonds. The summed E-state index contributed by atoms with van der Waals surface area (Å²) in [4.78, 5) is 8.97. The quantitative estimate of drug-likeness (QED) is 0.761. The molecule has 1 aromatic rings. The van der Waals surface area contributed by atoms with Gasteiger partial charge in [0.2, 0.25) is 0 Å². The predicted octanol–water partition coefficient (Wildman–Crippen LogP) is -0.441. The zero-order valence-corrected chi connectivity index (χ0v) is 12.2. The number of piperidine rings is 1. The van der Waals surface area contributed by atoms with E-state index in [1.165, 1.54) is 0 Å². The lowest BCUT2D eigenvalue weighted by molar-refractivity contribution is -0.0167. The highest BCUT2D eigenvalue weighted by molar-refractivity contribution is 5.05. The van der Waals surface area contributed by atoms with Gasteiger partial charge in [0.25, 0.3) is 5.89 Å². The average molecular weight is 281 g/mol. The zero-order chi connectivity index (χ0) is 14.2. The first-order valence-corrected chi connectivity index (χ1v) is 7.24. The Morgan fingerprint density at radius 2 is 2.25 bits per heavy atom. The maximum Gasteiger partial charge on any atom is 0.259 e. The van der Waals surface area contributed by atoms with Crippen LogP contribution in [0.25, 0.3) is 0 Å². The minimum Gasteiger partial charge on any atom is -0.379 e. The number of rotatable bonds is 2. The molecule has 2 aliphatic heterocycles. The fraction of sp³-hybridized carbons (Fsp3) is 0.846. The minimum atomic E-state index is -1.01. The molecule has 0 aromatic carbocycles. The molecule has 7 heteroatoms. The standard InChI is InChI=1S/C13H23N5O2/c1-17-6-7-18(2)10(8-17)11-15-12(20-16-11)13(19)4-3-5-14-9-13/h10,14,19H,3-9H2,1-2H3. The van der Waals surface area contributed by atoms with E-state index in [9.17, 15) is 5.11 Å². The first-order chi connectivity index (χ1) is 9.58. The Morgan fingerprint density at radius 3 is 3.00 bits per heavy atom. The van der Waals surface area contributed by atoms with Gasteiger partial charge >= 0.3 is 0 Å². The van der Waals surface area contributed by atoms with Crippen LogP contribution < -0.4 is 5.32 Å². The van der Waals surface area contributed by atoms with Crippen LogP contribution in [0.4, 0.5) is 0 Å². The van der Waals surface area contributed by atoms with E-state index in [-0.39, 0.29) is 6.04 Å². The fourth-order valence-corrected chi connectivity index (χ4v) is 2.92. The summed E-state index contributed by atoms with van der Waals surface area (Å²) in [5.41, 5.74) is -1.01. The molecular weight excluding hydrogens is 258 g/mol. The van der Waals surface area contributed by atoms with E-state index in [0.29, 0.717) is 24.7 Å². The van der Waals surface area contributed by atoms with Crippen molar-refractivity contribution >= 4 is 0 Å². The first kappa shape index (κ1) is 13.9. The largest absolute Gasteiger partial charge is 0.379 e. The number of nitrogens with one attached hydrogen (secondary N) is 1. The third-order valence-corrected chi connectivity index (χ3v) is 4.35. The number of hydrogen-bond acceptors (Lipinski definition) is 7. The van der Waals surface area contributed by atoms with Gasteiger partial charge in [0.15, 0.2) is 11.4 Å². The van der Waals surface area contributed by atoms with Gasteiger partial charge < -0.3 is 19.8 Å². The Labute approximate surface area is 118 Å². The van der Waals surface area contributed by atoms with Crippen molar-refractivity contribution in [1.29, 1.82) is 0 Å². The summed E-state index contributed by atoms with van der Waals surface area (Å²) in [6, 6.07) is 0.131. The fourth-order valence-electron chi connectivity index (χ4n) is 2.92. The van der Waals surface area contributed by atoms with Gasteiger partial charge in [-0.05, 0) is 33.5 Å². The maximum absolute atomic E-state index is 10.6. The molecule has 0 bridgehead atoms. The third kappa shape index (κ3) is 2.58. The number of aromatic nitrogens is 2. The van der Waals surface area contributed by atoms with Gasteiger partial charge in [-0.15, -0.1) is 0 Å². The highest BCUT2D eigenvalue weighted by atomic mass is 16.5. The zero-order valence-electron chi connectivity index (χ0n) is 12.2. The molecule has 1 aromatic heterocycles. The van der Waals surface area contributed by atoms with Crippen molar-refractivity contribution in [3.05, 3.63) is 11.7 Å². The second kappa shape index (κ2) is 5.40. The van der Waals surface area contributed by atoms with Gasteiger partial charge in [-0.25, -0.2) is 0 Å². The second-order valence-corrected chi connectivity index (χ2v) is 6.03. The molecule has 2 N–H and O–H groups in total. The lowest BCUT2D eigenvalue weighted by Crippen LogP contribution is -2.45. The Balaban J connectivity index is 1.79. The van der Waals surface area contributed by atoms with Crippen molar-refractivity contribution in [2.24, 2.45) is 0 Å². The third-order valence-electron chi connectivity index (χ3n) is 4.35. The van der Waals surface area contributed by atoms with Gasteiger partial charge in [0, 0.05) is 26.2 Å². The van der Waals surface area contributed by atoms with Gasteiger partial charge in [-0.2, -0.15) is 4.98 Å². The molecule has 0 spiro atoms. The Kier molecular flexibility index (Phi) is 3.76. The molecule has 2 saturated heterocycles. The van der Waals surface area contributed by atoms with Crippen LogP contribution in [-0.4, -0.2) is 71.9 Å². The van der Waals surface area contributed by atoms with Crippen LogP contribution >= 0.6 is 0 Å². The molecule has 112 valence electrons. The molecule has 20 heavy (non-hydrogen) atoms. The van der Waals surface area contributed by atoms with Crippen LogP contribution in [0.1, 0.15) is 30.6 Å². The number of β-amino-alcohol motifs (C(OH)–C–C–N with tert-alkyl or cyclic N) is 1. The molecule has 3 rings (SSSR count). The second-order valence-electron chi connectivity index (χ2n) is 6.03. The smallest absolute Gasteiger partial charge is 0.259 e. The molecule has 2 atom stereocenters. The van der Waals surface area contributed by atoms with Crippen LogP contribution in [0.15, 0.2) is 4.52 Å². The molecule has 7 nitrogen and oxygen atoms in total. The summed E-state index contributed by atoms with van der Waals surface area (Å²) in [7, 11) is 4.17. The van der Waals surface area contributed by atoms with Crippen LogP contribution in [0.3, 0.4) is 0 Å². The summed E-state index contributed by atoms with van der Waals surface area (Å²) in [5, 5.41) is 17.9. The Hall–Kier alpha value is -1.02. The van der Waals surface area contributed by atoms with Crippen molar-refractivity contribution in [3.63, 3.8) is 0 Å². The van der Waals surface area contributed by atoms with Crippen molar-refractivity contribution in [3.8, 4) is 0 Å². The molecule has 0 saturated carbocycles. The molecule has 2 fully saturated rings. The SMILES string of the molecule is CN1CCN(C)C(c2noc(C3(O)CCCNC3)n2)C1. The van der Waals surface area contributed by atoms with Crippen molar-refractivity contribution in [2.75, 3.05) is 46.8 Å². The van der Waals surface area contributed by atoms with E-state index in [1.54, 1.807) is 0 Å². The number of likely N-dealkylation sites (N-methyl/N-ethyl adjacent to an activating group) is 2. The van der Waals surface area contributed by atoms with Crippen LogP contribution in [0.2, 0.25) is 0 Å². The first-order valence-electron chi connectivity index (χ1n) is 7.24. The van der Waals surface area contributed by atoms with E-state index in [0.717, 1.165) is 32.6 Å². The van der Waals surface area contributed by atoms with Gasteiger partial charge in [0.05, 0.1) is 6.04 Å². The highest BCUT2D eigenvalue weighted by Crippen LogP contribution is 2.29. The predicted molar refractivity (Wildman–Crippen MR) is 73.2 cm³/mol. The molecular formula is C13H23N5O2. The van der Waals surface area contributed by atoms with E-state index < -0.39 is 5.60 Å². The summed E-state index contributed by atoms with van der Waals surface area (Å²) >= 11 is 0. The summed E-state index contributed by atoms with van der Waals surface area (Å²) in [6.45, 7) is 4.32. The van der Waals surface area contributed by atoms with Crippen molar-refractivity contribution < 1.29 is 9.63 Å². The number of aliphatic hydroxyl groups is 1. The minimum absolute atomic E-state index is 0.131. The van der Waals surface area contributed by atoms with Gasteiger partial charge in [-0.3, -0.25) is 4.90 Å². The van der Waals surface area contributed by atoms with E-state index in [2.05, 4.69) is 39.4 Å². The normalized spacial score (nSPS) is 33.5. The topological polar surface area (TPSA) is 77.7 Å². The lowest BCUT2D eigenvalue weighted by atomic mass is 9.94. The summed E-state index contributed by atoms with van der Waals surface area (Å²) in [5.74, 6) is 1.02. The van der Waals surface area contributed by atoms with E-state index >= 15 is 0 Å².